The van der Waals surface area contributed by atoms with E-state index in [1.807, 2.05) is 12.1 Å². The van der Waals surface area contributed by atoms with E-state index in [0.29, 0.717) is 23.9 Å². The van der Waals surface area contributed by atoms with E-state index >= 15 is 0 Å². The zero-order chi connectivity index (χ0) is 17.1. The fourth-order valence-electron chi connectivity index (χ4n) is 3.46. The fourth-order valence-corrected chi connectivity index (χ4v) is 3.46. The maximum atomic E-state index is 5.96. The van der Waals surface area contributed by atoms with E-state index in [1.54, 1.807) is 6.20 Å². The Morgan fingerprint density at radius 3 is 2.84 bits per heavy atom. The van der Waals surface area contributed by atoms with Crippen LogP contribution in [0.3, 0.4) is 0 Å². The lowest BCUT2D eigenvalue weighted by atomic mass is 9.92. The second-order valence-electron chi connectivity index (χ2n) is 6.92. The Labute approximate surface area is 147 Å². The van der Waals surface area contributed by atoms with Crippen molar-refractivity contribution < 1.29 is 4.74 Å². The maximum Gasteiger partial charge on any atom is 0.224 e. The molecule has 0 amide bonds. The second-order valence-corrected chi connectivity index (χ2v) is 6.92. The molecule has 134 valence electrons. The Bertz CT molecular complexity index is 690. The van der Waals surface area contributed by atoms with Crippen LogP contribution in [-0.2, 0) is 4.74 Å². The molecule has 2 fully saturated rings. The van der Waals surface area contributed by atoms with Crippen molar-refractivity contribution in [1.82, 2.24) is 20.2 Å². The molecule has 2 aromatic heterocycles. The standard InChI is InChI=1S/C17H25N7O/c18-12-1-3-13(4-2-12)20-17-19-7-5-15(22-17)21-16-9-14(23-24-16)11-6-8-25-10-11/h5,7,9,11-13H,1-4,6,8,10,18H2,(H3,19,20,21,22,23,24)/t11?,12-,13-. The van der Waals surface area contributed by atoms with Crippen molar-refractivity contribution in [2.24, 2.45) is 5.73 Å². The first kappa shape index (κ1) is 16.3. The zero-order valence-corrected chi connectivity index (χ0v) is 14.2. The number of aromatic nitrogens is 4. The van der Waals surface area contributed by atoms with Crippen molar-refractivity contribution in [2.75, 3.05) is 23.8 Å². The van der Waals surface area contributed by atoms with Crippen LogP contribution < -0.4 is 16.4 Å². The number of aromatic amines is 1. The Kier molecular flexibility index (Phi) is 4.80. The number of nitrogens with two attached hydrogens (primary N) is 1. The predicted octanol–water partition coefficient (Wildman–Crippen LogP) is 2.13. The van der Waals surface area contributed by atoms with Crippen molar-refractivity contribution in [2.45, 2.75) is 50.1 Å². The molecule has 3 heterocycles. The molecule has 1 saturated carbocycles. The van der Waals surface area contributed by atoms with Crippen LogP contribution in [0.5, 0.6) is 0 Å². The molecular weight excluding hydrogens is 318 g/mol. The molecule has 0 bridgehead atoms. The molecule has 0 radical (unpaired) electrons. The number of hydrogen-bond donors (Lipinski definition) is 4. The average Bonchev–Trinajstić information content (AvgIpc) is 3.29. The summed E-state index contributed by atoms with van der Waals surface area (Å²) in [6.07, 6.45) is 7.02. The van der Waals surface area contributed by atoms with Gasteiger partial charge in [-0.25, -0.2) is 4.98 Å². The van der Waals surface area contributed by atoms with Crippen molar-refractivity contribution in [3.63, 3.8) is 0 Å². The smallest absolute Gasteiger partial charge is 0.224 e. The van der Waals surface area contributed by atoms with Crippen molar-refractivity contribution in [1.29, 1.82) is 0 Å². The molecule has 0 spiro atoms. The van der Waals surface area contributed by atoms with Crippen LogP contribution in [0.15, 0.2) is 18.3 Å². The summed E-state index contributed by atoms with van der Waals surface area (Å²) in [4.78, 5) is 8.87. The third kappa shape index (κ3) is 4.08. The Hall–Kier alpha value is -2.19. The van der Waals surface area contributed by atoms with Crippen molar-refractivity contribution in [3.05, 3.63) is 24.0 Å². The highest BCUT2D eigenvalue weighted by atomic mass is 16.5. The Balaban J connectivity index is 1.38. The summed E-state index contributed by atoms with van der Waals surface area (Å²) in [5.74, 6) is 2.54. The number of rotatable bonds is 5. The van der Waals surface area contributed by atoms with Gasteiger partial charge in [0.15, 0.2) is 5.82 Å². The van der Waals surface area contributed by atoms with Crippen LogP contribution in [0.4, 0.5) is 17.6 Å². The summed E-state index contributed by atoms with van der Waals surface area (Å²) in [5, 5.41) is 14.1. The van der Waals surface area contributed by atoms with Crippen LogP contribution in [0.1, 0.15) is 43.7 Å². The lowest BCUT2D eigenvalue weighted by molar-refractivity contribution is 0.193. The van der Waals surface area contributed by atoms with Gasteiger partial charge in [0, 0.05) is 42.6 Å². The molecule has 1 unspecified atom stereocenters. The molecule has 1 aliphatic heterocycles. The molecule has 25 heavy (non-hydrogen) atoms. The minimum atomic E-state index is 0.339. The molecule has 5 N–H and O–H groups in total. The van der Waals surface area contributed by atoms with Gasteiger partial charge in [0.05, 0.1) is 6.61 Å². The van der Waals surface area contributed by atoms with E-state index in [0.717, 1.165) is 62.6 Å². The Morgan fingerprint density at radius 1 is 1.16 bits per heavy atom. The SMILES string of the molecule is N[C@H]1CC[C@H](Nc2nccc(Nc3cc(C4CCOC4)[nH]n3)n2)CC1. The van der Waals surface area contributed by atoms with Gasteiger partial charge in [-0.1, -0.05) is 0 Å². The van der Waals surface area contributed by atoms with Gasteiger partial charge in [-0.2, -0.15) is 10.1 Å². The summed E-state index contributed by atoms with van der Waals surface area (Å²) in [5.41, 5.74) is 7.06. The summed E-state index contributed by atoms with van der Waals surface area (Å²) in [6.45, 7) is 1.58. The highest BCUT2D eigenvalue weighted by Gasteiger charge is 2.21. The molecule has 0 aromatic carbocycles. The minimum absolute atomic E-state index is 0.339. The molecule has 2 aromatic rings. The molecule has 8 nitrogen and oxygen atoms in total. The van der Waals surface area contributed by atoms with E-state index in [4.69, 9.17) is 10.5 Å². The highest BCUT2D eigenvalue weighted by molar-refractivity contribution is 5.53. The van der Waals surface area contributed by atoms with Crippen molar-refractivity contribution in [3.8, 4) is 0 Å². The van der Waals surface area contributed by atoms with E-state index < -0.39 is 0 Å². The van der Waals surface area contributed by atoms with Gasteiger partial charge in [-0.05, 0) is 38.2 Å². The van der Waals surface area contributed by atoms with Crippen LogP contribution >= 0.6 is 0 Å². The van der Waals surface area contributed by atoms with Crippen LogP contribution in [0.25, 0.3) is 0 Å². The van der Waals surface area contributed by atoms with Gasteiger partial charge in [-0.15, -0.1) is 0 Å². The lowest BCUT2D eigenvalue weighted by Gasteiger charge is -2.26. The first-order valence-corrected chi connectivity index (χ1v) is 9.01. The van der Waals surface area contributed by atoms with Gasteiger partial charge in [0.25, 0.3) is 0 Å². The number of anilines is 3. The molecular formula is C17H25N7O. The second kappa shape index (κ2) is 7.37. The van der Waals surface area contributed by atoms with E-state index in [1.165, 1.54) is 0 Å². The van der Waals surface area contributed by atoms with Crippen LogP contribution in [0, 0.1) is 0 Å². The van der Waals surface area contributed by atoms with E-state index in [9.17, 15) is 0 Å². The third-order valence-electron chi connectivity index (χ3n) is 4.98. The normalized spacial score (nSPS) is 26.5. The topological polar surface area (TPSA) is 114 Å². The third-order valence-corrected chi connectivity index (χ3v) is 4.98. The zero-order valence-electron chi connectivity index (χ0n) is 14.2. The fraction of sp³-hybridized carbons (Fsp3) is 0.588. The summed E-state index contributed by atoms with van der Waals surface area (Å²) >= 11 is 0. The summed E-state index contributed by atoms with van der Waals surface area (Å²) < 4.78 is 5.43. The number of hydrogen-bond acceptors (Lipinski definition) is 7. The average molecular weight is 343 g/mol. The summed E-state index contributed by atoms with van der Waals surface area (Å²) in [6, 6.07) is 4.60. The molecule has 1 atom stereocenters. The molecule has 8 heteroatoms. The van der Waals surface area contributed by atoms with Crippen LogP contribution in [0.2, 0.25) is 0 Å². The molecule has 1 saturated heterocycles. The maximum absolute atomic E-state index is 5.96. The molecule has 4 rings (SSSR count). The van der Waals surface area contributed by atoms with E-state index in [-0.39, 0.29) is 0 Å². The minimum Gasteiger partial charge on any atom is -0.381 e. The van der Waals surface area contributed by atoms with Gasteiger partial charge in [0.1, 0.15) is 5.82 Å². The number of nitrogens with zero attached hydrogens (tertiary/aromatic N) is 3. The van der Waals surface area contributed by atoms with Crippen molar-refractivity contribution >= 4 is 17.6 Å². The van der Waals surface area contributed by atoms with Gasteiger partial charge in [0.2, 0.25) is 5.95 Å². The largest absolute Gasteiger partial charge is 0.381 e. The van der Waals surface area contributed by atoms with Crippen LogP contribution in [-0.4, -0.2) is 45.5 Å². The first-order valence-electron chi connectivity index (χ1n) is 9.01. The van der Waals surface area contributed by atoms with E-state index in [2.05, 4.69) is 30.8 Å². The highest BCUT2D eigenvalue weighted by Crippen LogP contribution is 2.26. The Morgan fingerprint density at radius 2 is 2.04 bits per heavy atom. The molecule has 1 aliphatic carbocycles. The number of H-pyrrole nitrogens is 1. The summed E-state index contributed by atoms with van der Waals surface area (Å²) in [7, 11) is 0. The quantitative estimate of drug-likeness (QED) is 0.657. The van der Waals surface area contributed by atoms with Gasteiger partial charge in [-0.3, -0.25) is 5.10 Å². The molecule has 2 aliphatic rings. The predicted molar refractivity (Wildman–Crippen MR) is 95.9 cm³/mol. The first-order chi connectivity index (χ1) is 12.3. The van der Waals surface area contributed by atoms with Gasteiger partial charge >= 0.3 is 0 Å². The number of ether oxygens (including phenoxy) is 1. The lowest BCUT2D eigenvalue weighted by Crippen LogP contribution is -2.33. The number of nitrogens with one attached hydrogen (secondary N) is 3. The monoisotopic (exact) mass is 343 g/mol. The van der Waals surface area contributed by atoms with Gasteiger partial charge < -0.3 is 21.1 Å².